The summed E-state index contributed by atoms with van der Waals surface area (Å²) >= 11 is 0. The van der Waals surface area contributed by atoms with E-state index in [1.54, 1.807) is 0 Å². The van der Waals surface area contributed by atoms with E-state index in [4.69, 9.17) is 0 Å². The van der Waals surface area contributed by atoms with Crippen LogP contribution in [0.25, 0.3) is 0 Å². The van der Waals surface area contributed by atoms with Gasteiger partial charge < -0.3 is 15.3 Å². The summed E-state index contributed by atoms with van der Waals surface area (Å²) in [6, 6.07) is 9.81. The van der Waals surface area contributed by atoms with Crippen molar-refractivity contribution in [2.24, 2.45) is 23.7 Å². The second-order valence-corrected chi connectivity index (χ2v) is 10.4. The van der Waals surface area contributed by atoms with Crippen molar-refractivity contribution < 1.29 is 9.90 Å². The highest BCUT2D eigenvalue weighted by Crippen LogP contribution is 2.55. The van der Waals surface area contributed by atoms with Gasteiger partial charge in [0.2, 0.25) is 0 Å². The molecule has 0 bridgehead atoms. The Kier molecular flexibility index (Phi) is 5.90. The van der Waals surface area contributed by atoms with E-state index in [1.807, 2.05) is 30.3 Å². The number of amides is 1. The van der Waals surface area contributed by atoms with Gasteiger partial charge >= 0.3 is 0 Å². The van der Waals surface area contributed by atoms with Gasteiger partial charge in [-0.3, -0.25) is 4.79 Å². The third-order valence-corrected chi connectivity index (χ3v) is 8.73. The predicted octanol–water partition coefficient (Wildman–Crippen LogP) is 4.08. The topological polar surface area (TPSA) is 52.6 Å². The molecule has 3 aliphatic carbocycles. The molecule has 0 aromatic heterocycles. The zero-order valence-electron chi connectivity index (χ0n) is 18.3. The molecule has 164 valence electrons. The molecule has 1 aromatic rings. The van der Waals surface area contributed by atoms with Crippen LogP contribution >= 0.6 is 0 Å². The number of rotatable bonds is 6. The summed E-state index contributed by atoms with van der Waals surface area (Å²) in [6.45, 7) is 3.42. The van der Waals surface area contributed by atoms with E-state index in [0.717, 1.165) is 74.9 Å². The average Bonchev–Trinajstić information content (AvgIpc) is 3.20. The van der Waals surface area contributed by atoms with Crippen LogP contribution < -0.4 is 5.32 Å². The van der Waals surface area contributed by atoms with Gasteiger partial charge in [-0.15, -0.1) is 0 Å². The lowest BCUT2D eigenvalue weighted by Gasteiger charge is -2.37. The van der Waals surface area contributed by atoms with Gasteiger partial charge in [-0.1, -0.05) is 56.0 Å². The van der Waals surface area contributed by atoms with E-state index in [-0.39, 0.29) is 17.9 Å². The maximum atomic E-state index is 13.4. The maximum Gasteiger partial charge on any atom is 0.257 e. The van der Waals surface area contributed by atoms with E-state index in [2.05, 4.69) is 10.2 Å². The Bertz CT molecular complexity index is 712. The van der Waals surface area contributed by atoms with Crippen LogP contribution in [-0.4, -0.2) is 41.6 Å². The first kappa shape index (κ1) is 20.5. The van der Waals surface area contributed by atoms with Crippen LogP contribution in [0, 0.1) is 23.7 Å². The van der Waals surface area contributed by atoms with Gasteiger partial charge in [-0.05, 0) is 61.8 Å². The van der Waals surface area contributed by atoms with E-state index in [9.17, 15) is 9.90 Å². The van der Waals surface area contributed by atoms with E-state index in [0.29, 0.717) is 0 Å². The number of hydrogen-bond acceptors (Lipinski definition) is 3. The van der Waals surface area contributed by atoms with Crippen LogP contribution in [0.1, 0.15) is 69.8 Å². The fraction of sp³-hybridized carbons (Fsp3) is 0.731. The molecule has 1 amide bonds. The molecule has 4 fully saturated rings. The van der Waals surface area contributed by atoms with Gasteiger partial charge in [0.15, 0.2) is 5.60 Å². The highest BCUT2D eigenvalue weighted by molar-refractivity contribution is 5.87. The summed E-state index contributed by atoms with van der Waals surface area (Å²) in [6.07, 6.45) is 11.9. The Labute approximate surface area is 181 Å². The smallest absolute Gasteiger partial charge is 0.257 e. The number of carbonyl (C=O) groups is 1. The summed E-state index contributed by atoms with van der Waals surface area (Å²) in [5, 5.41) is 14.9. The Morgan fingerprint density at radius 1 is 0.933 bits per heavy atom. The van der Waals surface area contributed by atoms with Crippen molar-refractivity contribution in [2.45, 2.75) is 75.9 Å². The zero-order valence-corrected chi connectivity index (χ0v) is 18.3. The molecule has 0 radical (unpaired) electrons. The zero-order chi connectivity index (χ0) is 20.6. The minimum atomic E-state index is -1.39. The number of nitrogens with one attached hydrogen (secondary N) is 1. The van der Waals surface area contributed by atoms with Crippen molar-refractivity contribution in [3.05, 3.63) is 35.9 Å². The lowest BCUT2D eigenvalue weighted by molar-refractivity contribution is -0.148. The van der Waals surface area contributed by atoms with Crippen molar-refractivity contribution in [2.75, 3.05) is 19.6 Å². The first-order chi connectivity index (χ1) is 14.7. The number of benzene rings is 1. The third kappa shape index (κ3) is 3.93. The Hall–Kier alpha value is -1.39. The molecule has 3 unspecified atom stereocenters. The normalized spacial score (nSPS) is 32.4. The van der Waals surface area contributed by atoms with Crippen molar-refractivity contribution >= 4 is 5.91 Å². The summed E-state index contributed by atoms with van der Waals surface area (Å²) in [4.78, 5) is 16.0. The summed E-state index contributed by atoms with van der Waals surface area (Å²) in [7, 11) is 0. The van der Waals surface area contributed by atoms with Crippen LogP contribution in [0.3, 0.4) is 0 Å². The molecule has 1 aromatic carbocycles. The molecule has 1 saturated heterocycles. The summed E-state index contributed by atoms with van der Waals surface area (Å²) < 4.78 is 0. The molecule has 2 N–H and O–H groups in total. The standard InChI is InChI=1S/C26H38N2O2/c29-25(26(30,20-10-4-5-11-20)19-8-2-1-3-9-19)27-21-14-16-28(17-15-21)18-24-22-12-6-7-13-23(22)24/h1-3,8-9,20-24,30H,4-7,10-18H2,(H,27,29). The van der Waals surface area contributed by atoms with Crippen LogP contribution in [0.5, 0.6) is 0 Å². The lowest BCUT2D eigenvalue weighted by Crippen LogP contribution is -2.54. The van der Waals surface area contributed by atoms with E-state index < -0.39 is 5.60 Å². The number of hydrogen-bond donors (Lipinski definition) is 2. The van der Waals surface area contributed by atoms with Crippen molar-refractivity contribution in [1.82, 2.24) is 10.2 Å². The molecule has 5 rings (SSSR count). The molecule has 30 heavy (non-hydrogen) atoms. The molecule has 3 atom stereocenters. The van der Waals surface area contributed by atoms with Crippen LogP contribution in [-0.2, 0) is 10.4 Å². The van der Waals surface area contributed by atoms with Crippen molar-refractivity contribution in [3.63, 3.8) is 0 Å². The molecule has 3 saturated carbocycles. The summed E-state index contributed by atoms with van der Waals surface area (Å²) in [5.41, 5.74) is -0.637. The fourth-order valence-electron chi connectivity index (χ4n) is 6.85. The first-order valence-corrected chi connectivity index (χ1v) is 12.5. The van der Waals surface area contributed by atoms with Crippen LogP contribution in [0.4, 0.5) is 0 Å². The monoisotopic (exact) mass is 410 g/mol. The summed E-state index contributed by atoms with van der Waals surface area (Å²) in [5.74, 6) is 2.83. The van der Waals surface area contributed by atoms with Gasteiger partial charge in [-0.2, -0.15) is 0 Å². The molecule has 4 nitrogen and oxygen atoms in total. The lowest BCUT2D eigenvalue weighted by atomic mass is 9.79. The van der Waals surface area contributed by atoms with Gasteiger partial charge in [0.1, 0.15) is 0 Å². The number of aliphatic hydroxyl groups is 1. The largest absolute Gasteiger partial charge is 0.375 e. The Morgan fingerprint density at radius 3 is 2.17 bits per heavy atom. The molecule has 1 heterocycles. The van der Waals surface area contributed by atoms with E-state index in [1.165, 1.54) is 32.2 Å². The second kappa shape index (κ2) is 8.63. The second-order valence-electron chi connectivity index (χ2n) is 10.4. The van der Waals surface area contributed by atoms with Crippen LogP contribution in [0.15, 0.2) is 30.3 Å². The van der Waals surface area contributed by atoms with Gasteiger partial charge in [0.25, 0.3) is 5.91 Å². The number of carbonyl (C=O) groups excluding carboxylic acids is 1. The minimum absolute atomic E-state index is 0.0261. The van der Waals surface area contributed by atoms with Crippen molar-refractivity contribution in [1.29, 1.82) is 0 Å². The third-order valence-electron chi connectivity index (χ3n) is 8.73. The quantitative estimate of drug-likeness (QED) is 0.743. The highest BCUT2D eigenvalue weighted by Gasteiger charge is 2.51. The SMILES string of the molecule is O=C(NC1CCN(CC2C3CCCCC32)CC1)C(O)(c1ccccc1)C1CCCC1. The number of fused-ring (bicyclic) bond motifs is 1. The maximum absolute atomic E-state index is 13.4. The Morgan fingerprint density at radius 2 is 1.53 bits per heavy atom. The van der Waals surface area contributed by atoms with Gasteiger partial charge in [0, 0.05) is 31.6 Å². The van der Waals surface area contributed by atoms with E-state index >= 15 is 0 Å². The number of nitrogens with zero attached hydrogens (tertiary/aromatic N) is 1. The minimum Gasteiger partial charge on any atom is -0.375 e. The molecule has 4 heteroatoms. The molecular formula is C26H38N2O2. The van der Waals surface area contributed by atoms with Crippen molar-refractivity contribution in [3.8, 4) is 0 Å². The fourth-order valence-corrected chi connectivity index (χ4v) is 6.85. The Balaban J connectivity index is 1.17. The van der Waals surface area contributed by atoms with Gasteiger partial charge in [-0.25, -0.2) is 0 Å². The molecule has 4 aliphatic rings. The predicted molar refractivity (Wildman–Crippen MR) is 119 cm³/mol. The average molecular weight is 411 g/mol. The first-order valence-electron chi connectivity index (χ1n) is 12.5. The number of piperidine rings is 1. The molecular weight excluding hydrogens is 372 g/mol. The molecule has 0 spiro atoms. The van der Waals surface area contributed by atoms with Gasteiger partial charge in [0.05, 0.1) is 0 Å². The number of likely N-dealkylation sites (tertiary alicyclic amines) is 1. The molecule has 1 aliphatic heterocycles. The van der Waals surface area contributed by atoms with Crippen LogP contribution in [0.2, 0.25) is 0 Å². The highest BCUT2D eigenvalue weighted by atomic mass is 16.3.